The first-order valence-corrected chi connectivity index (χ1v) is 12.7. The molecule has 0 saturated heterocycles. The highest BCUT2D eigenvalue weighted by Crippen LogP contribution is 2.45. The van der Waals surface area contributed by atoms with Crippen LogP contribution in [0, 0.1) is 5.82 Å². The molecule has 7 nitrogen and oxygen atoms in total. The van der Waals surface area contributed by atoms with Crippen LogP contribution in [-0.2, 0) is 11.3 Å². The second-order valence-corrected chi connectivity index (χ2v) is 9.40. The molecule has 1 aliphatic heterocycles. The fourth-order valence-corrected chi connectivity index (χ4v) is 5.13. The number of amides is 2. The molecule has 2 atom stereocenters. The van der Waals surface area contributed by atoms with E-state index >= 15 is 0 Å². The molecule has 4 aromatic carbocycles. The van der Waals surface area contributed by atoms with Gasteiger partial charge in [0.15, 0.2) is 0 Å². The molecule has 0 spiro atoms. The summed E-state index contributed by atoms with van der Waals surface area (Å²) in [4.78, 5) is 29.9. The molecule has 0 aliphatic carbocycles. The van der Waals surface area contributed by atoms with E-state index in [9.17, 15) is 14.0 Å². The molecule has 1 heterocycles. The van der Waals surface area contributed by atoms with E-state index in [1.54, 1.807) is 73.7 Å². The SMILES string of the molecule is COc1ccc(C2C(C(=O)Nc3cc(OC)ccc3OC)c3ccccc3C(=O)N2Cc2ccc(F)cc2)cc1. The van der Waals surface area contributed by atoms with E-state index in [1.807, 2.05) is 24.3 Å². The van der Waals surface area contributed by atoms with Crippen molar-refractivity contribution in [2.24, 2.45) is 0 Å². The number of fused-ring (bicyclic) bond motifs is 1. The first kappa shape index (κ1) is 26.7. The van der Waals surface area contributed by atoms with Gasteiger partial charge in [-0.05, 0) is 59.2 Å². The van der Waals surface area contributed by atoms with E-state index in [4.69, 9.17) is 14.2 Å². The summed E-state index contributed by atoms with van der Waals surface area (Å²) in [5.74, 6) is -0.00830. The monoisotopic (exact) mass is 540 g/mol. The van der Waals surface area contributed by atoms with E-state index in [-0.39, 0.29) is 24.2 Å². The van der Waals surface area contributed by atoms with E-state index < -0.39 is 12.0 Å². The first-order chi connectivity index (χ1) is 19.4. The van der Waals surface area contributed by atoms with Gasteiger partial charge in [0.2, 0.25) is 5.91 Å². The van der Waals surface area contributed by atoms with Crippen LogP contribution < -0.4 is 19.5 Å². The topological polar surface area (TPSA) is 77.1 Å². The zero-order chi connectivity index (χ0) is 28.2. The van der Waals surface area contributed by atoms with Crippen molar-refractivity contribution >= 4 is 17.5 Å². The average Bonchev–Trinajstić information content (AvgIpc) is 2.99. The lowest BCUT2D eigenvalue weighted by Gasteiger charge is -2.42. The van der Waals surface area contributed by atoms with Crippen LogP contribution in [0.3, 0.4) is 0 Å². The van der Waals surface area contributed by atoms with Crippen LogP contribution in [0.2, 0.25) is 0 Å². The second kappa shape index (κ2) is 11.5. The molecule has 204 valence electrons. The molecule has 1 aliphatic rings. The minimum Gasteiger partial charge on any atom is -0.497 e. The third-order valence-electron chi connectivity index (χ3n) is 7.11. The molecule has 2 amide bonds. The van der Waals surface area contributed by atoms with Gasteiger partial charge in [0.1, 0.15) is 23.1 Å². The molecule has 2 unspecified atom stereocenters. The van der Waals surface area contributed by atoms with Crippen molar-refractivity contribution in [1.82, 2.24) is 4.90 Å². The largest absolute Gasteiger partial charge is 0.497 e. The maximum Gasteiger partial charge on any atom is 0.255 e. The van der Waals surface area contributed by atoms with E-state index in [0.29, 0.717) is 34.1 Å². The Bertz CT molecular complexity index is 1520. The number of nitrogens with one attached hydrogen (secondary N) is 1. The number of carbonyl (C=O) groups is 2. The number of benzene rings is 4. The van der Waals surface area contributed by atoms with Crippen molar-refractivity contribution in [3.63, 3.8) is 0 Å². The molecular formula is C32H29FN2O5. The number of ether oxygens (including phenoxy) is 3. The van der Waals surface area contributed by atoms with Gasteiger partial charge in [-0.1, -0.05) is 42.5 Å². The Labute approximate surface area is 232 Å². The fourth-order valence-electron chi connectivity index (χ4n) is 5.13. The fraction of sp³-hybridized carbons (Fsp3) is 0.188. The molecule has 0 radical (unpaired) electrons. The van der Waals surface area contributed by atoms with Crippen LogP contribution in [0.15, 0.2) is 91.0 Å². The number of halogens is 1. The van der Waals surface area contributed by atoms with Gasteiger partial charge in [-0.3, -0.25) is 9.59 Å². The van der Waals surface area contributed by atoms with Gasteiger partial charge in [0.05, 0.1) is 39.0 Å². The van der Waals surface area contributed by atoms with Gasteiger partial charge < -0.3 is 24.4 Å². The molecule has 4 aromatic rings. The lowest BCUT2D eigenvalue weighted by atomic mass is 9.79. The third-order valence-corrected chi connectivity index (χ3v) is 7.11. The molecule has 0 saturated carbocycles. The summed E-state index contributed by atoms with van der Waals surface area (Å²) in [6, 6.07) is 24.9. The predicted octanol–water partition coefficient (Wildman–Crippen LogP) is 5.97. The summed E-state index contributed by atoms with van der Waals surface area (Å²) in [6.07, 6.45) is 0. The lowest BCUT2D eigenvalue weighted by molar-refractivity contribution is -0.119. The highest BCUT2D eigenvalue weighted by atomic mass is 19.1. The van der Waals surface area contributed by atoms with Crippen LogP contribution in [0.4, 0.5) is 10.1 Å². The number of rotatable bonds is 8. The van der Waals surface area contributed by atoms with Crippen molar-refractivity contribution < 1.29 is 28.2 Å². The average molecular weight is 541 g/mol. The van der Waals surface area contributed by atoms with Gasteiger partial charge >= 0.3 is 0 Å². The van der Waals surface area contributed by atoms with Crippen LogP contribution in [-0.4, -0.2) is 38.0 Å². The Kier molecular flexibility index (Phi) is 7.68. The van der Waals surface area contributed by atoms with E-state index in [0.717, 1.165) is 11.1 Å². The smallest absolute Gasteiger partial charge is 0.255 e. The second-order valence-electron chi connectivity index (χ2n) is 9.40. The number of methoxy groups -OCH3 is 3. The lowest BCUT2D eigenvalue weighted by Crippen LogP contribution is -2.45. The van der Waals surface area contributed by atoms with E-state index in [1.165, 1.54) is 19.2 Å². The molecule has 0 fully saturated rings. The number of carbonyl (C=O) groups excluding carboxylic acids is 2. The van der Waals surface area contributed by atoms with Gasteiger partial charge in [0, 0.05) is 18.2 Å². The summed E-state index contributed by atoms with van der Waals surface area (Å²) in [6.45, 7) is 0.177. The highest BCUT2D eigenvalue weighted by molar-refractivity contribution is 6.05. The Morgan fingerprint density at radius 1 is 0.850 bits per heavy atom. The minimum absolute atomic E-state index is 0.177. The Balaban J connectivity index is 1.64. The molecular weight excluding hydrogens is 511 g/mol. The quantitative estimate of drug-likeness (QED) is 0.298. The Morgan fingerprint density at radius 2 is 1.52 bits per heavy atom. The number of hydrogen-bond donors (Lipinski definition) is 1. The number of nitrogens with zero attached hydrogens (tertiary/aromatic N) is 1. The predicted molar refractivity (Wildman–Crippen MR) is 149 cm³/mol. The zero-order valence-electron chi connectivity index (χ0n) is 22.4. The molecule has 8 heteroatoms. The standard InChI is InChI=1S/C32H29FN2O5/c1-38-23-14-10-21(11-15-23)30-29(31(36)34-27-18-24(39-2)16-17-28(27)40-3)25-6-4-5-7-26(25)32(37)35(30)19-20-8-12-22(33)13-9-20/h4-18,29-30H,19H2,1-3H3,(H,34,36). The summed E-state index contributed by atoms with van der Waals surface area (Å²) < 4.78 is 29.9. The Hall–Kier alpha value is -4.85. The minimum atomic E-state index is -0.779. The van der Waals surface area contributed by atoms with Crippen LogP contribution in [0.5, 0.6) is 17.2 Å². The summed E-state index contributed by atoms with van der Waals surface area (Å²) >= 11 is 0. The van der Waals surface area contributed by atoms with Crippen molar-refractivity contribution in [2.45, 2.75) is 18.5 Å². The van der Waals surface area contributed by atoms with Crippen molar-refractivity contribution in [3.8, 4) is 17.2 Å². The van der Waals surface area contributed by atoms with Gasteiger partial charge in [0.25, 0.3) is 5.91 Å². The van der Waals surface area contributed by atoms with Gasteiger partial charge in [-0.15, -0.1) is 0 Å². The van der Waals surface area contributed by atoms with Crippen molar-refractivity contribution in [1.29, 1.82) is 0 Å². The Morgan fingerprint density at radius 3 is 2.20 bits per heavy atom. The summed E-state index contributed by atoms with van der Waals surface area (Å²) in [7, 11) is 4.65. The molecule has 1 N–H and O–H groups in total. The zero-order valence-corrected chi connectivity index (χ0v) is 22.4. The summed E-state index contributed by atoms with van der Waals surface area (Å²) in [5, 5.41) is 3.02. The maximum atomic E-state index is 14.2. The number of anilines is 1. The third kappa shape index (κ3) is 5.20. The highest BCUT2D eigenvalue weighted by Gasteiger charge is 2.44. The molecule has 0 aromatic heterocycles. The molecule has 40 heavy (non-hydrogen) atoms. The first-order valence-electron chi connectivity index (χ1n) is 12.7. The van der Waals surface area contributed by atoms with Crippen molar-refractivity contribution in [2.75, 3.05) is 26.6 Å². The van der Waals surface area contributed by atoms with Crippen LogP contribution in [0.1, 0.15) is 39.0 Å². The molecule has 5 rings (SSSR count). The number of hydrogen-bond acceptors (Lipinski definition) is 5. The molecule has 0 bridgehead atoms. The maximum absolute atomic E-state index is 14.2. The summed E-state index contributed by atoms with van der Waals surface area (Å²) in [5.41, 5.74) is 2.99. The normalized spacial score (nSPS) is 16.2. The van der Waals surface area contributed by atoms with Crippen LogP contribution in [0.25, 0.3) is 0 Å². The van der Waals surface area contributed by atoms with Crippen molar-refractivity contribution in [3.05, 3.63) is 119 Å². The van der Waals surface area contributed by atoms with Gasteiger partial charge in [-0.25, -0.2) is 4.39 Å². The van der Waals surface area contributed by atoms with Crippen LogP contribution >= 0.6 is 0 Å². The van der Waals surface area contributed by atoms with Gasteiger partial charge in [-0.2, -0.15) is 0 Å². The van der Waals surface area contributed by atoms with E-state index in [2.05, 4.69) is 5.32 Å².